The van der Waals surface area contributed by atoms with Crippen molar-refractivity contribution in [1.82, 2.24) is 4.90 Å². The van der Waals surface area contributed by atoms with E-state index >= 15 is 0 Å². The minimum absolute atomic E-state index is 0.0314. The van der Waals surface area contributed by atoms with Gasteiger partial charge in [0.2, 0.25) is 5.91 Å². The number of hydrogen-bond acceptors (Lipinski definition) is 1. The van der Waals surface area contributed by atoms with Crippen molar-refractivity contribution in [2.45, 2.75) is 12.6 Å². The lowest BCUT2D eigenvalue weighted by atomic mass is 10.1. The summed E-state index contributed by atoms with van der Waals surface area (Å²) in [5.41, 5.74) is 0.690. The van der Waals surface area contributed by atoms with Crippen molar-refractivity contribution in [2.75, 3.05) is 18.4 Å². The largest absolute Gasteiger partial charge is 0.406 e. The molecule has 1 aromatic rings. The fourth-order valence-corrected chi connectivity index (χ4v) is 2.19. The average Bonchev–Trinajstić information content (AvgIpc) is 2.30. The van der Waals surface area contributed by atoms with Crippen molar-refractivity contribution in [2.24, 2.45) is 0 Å². The third-order valence-corrected chi connectivity index (χ3v) is 3.23. The van der Waals surface area contributed by atoms with Crippen molar-refractivity contribution in [1.29, 1.82) is 0 Å². The highest BCUT2D eigenvalue weighted by atomic mass is 79.9. The minimum atomic E-state index is -4.38. The van der Waals surface area contributed by atoms with Crippen LogP contribution in [-0.4, -0.2) is 35.4 Å². The zero-order valence-electron chi connectivity index (χ0n) is 9.88. The van der Waals surface area contributed by atoms with Crippen LogP contribution in [0.3, 0.4) is 0 Å². The molecule has 0 aliphatic rings. The molecule has 7 heteroatoms. The van der Waals surface area contributed by atoms with E-state index in [1.165, 1.54) is 0 Å². The number of benzene rings is 1. The van der Waals surface area contributed by atoms with Gasteiger partial charge in [0.1, 0.15) is 6.54 Å². The number of carbonyl (C=O) groups excluding carboxylic acids is 1. The molecule has 1 amide bonds. The van der Waals surface area contributed by atoms with Gasteiger partial charge in [0, 0.05) is 16.3 Å². The van der Waals surface area contributed by atoms with E-state index in [9.17, 15) is 18.0 Å². The predicted molar refractivity (Wildman–Crippen MR) is 74.3 cm³/mol. The van der Waals surface area contributed by atoms with Gasteiger partial charge in [-0.05, 0) is 17.7 Å². The normalized spacial score (nSPS) is 11.4. The Labute approximate surface area is 126 Å². The monoisotopic (exact) mass is 401 g/mol. The number of nitrogens with zero attached hydrogens (tertiary/aromatic N) is 1. The summed E-state index contributed by atoms with van der Waals surface area (Å²) in [6.45, 7) is -1.18. The molecule has 0 aliphatic carbocycles. The van der Waals surface area contributed by atoms with E-state index in [-0.39, 0.29) is 13.0 Å². The van der Waals surface area contributed by atoms with Crippen molar-refractivity contribution in [3.8, 4) is 0 Å². The fraction of sp³-hybridized carbons (Fsp3) is 0.417. The minimum Gasteiger partial charge on any atom is -0.332 e. The first kappa shape index (κ1) is 16.5. The molecule has 0 aliphatic heterocycles. The van der Waals surface area contributed by atoms with Gasteiger partial charge < -0.3 is 4.90 Å². The second-order valence-electron chi connectivity index (χ2n) is 3.92. The Kier molecular flexibility index (Phi) is 6.32. The van der Waals surface area contributed by atoms with E-state index in [4.69, 9.17) is 0 Å². The van der Waals surface area contributed by atoms with Crippen molar-refractivity contribution in [3.05, 3.63) is 34.3 Å². The number of alkyl halides is 4. The third kappa shape index (κ3) is 6.42. The van der Waals surface area contributed by atoms with Crippen molar-refractivity contribution < 1.29 is 18.0 Å². The summed E-state index contributed by atoms with van der Waals surface area (Å²) in [4.78, 5) is 12.7. The van der Waals surface area contributed by atoms with Gasteiger partial charge in [0.15, 0.2) is 0 Å². The molecule has 1 rings (SSSR count). The van der Waals surface area contributed by atoms with Gasteiger partial charge in [-0.3, -0.25) is 4.79 Å². The quantitative estimate of drug-likeness (QED) is 0.686. The molecule has 106 valence electrons. The molecule has 1 aromatic carbocycles. The zero-order valence-corrected chi connectivity index (χ0v) is 13.1. The molecule has 0 N–H and O–H groups in total. The third-order valence-electron chi connectivity index (χ3n) is 2.35. The summed E-state index contributed by atoms with van der Waals surface area (Å²) in [6, 6.07) is 6.92. The van der Waals surface area contributed by atoms with Crippen LogP contribution in [0.25, 0.3) is 0 Å². The molecular formula is C12H12Br2F3NO. The molecule has 0 spiro atoms. The first-order valence-corrected chi connectivity index (χ1v) is 7.38. The Morgan fingerprint density at radius 3 is 2.26 bits per heavy atom. The average molecular weight is 403 g/mol. The number of carbonyl (C=O) groups is 1. The Balaban J connectivity index is 2.68. The second-order valence-corrected chi connectivity index (χ2v) is 5.63. The molecule has 0 saturated heterocycles. The Morgan fingerprint density at radius 1 is 1.21 bits per heavy atom. The van der Waals surface area contributed by atoms with Crippen LogP contribution >= 0.6 is 31.9 Å². The van der Waals surface area contributed by atoms with Crippen LogP contribution in [0.5, 0.6) is 0 Å². The van der Waals surface area contributed by atoms with Crippen LogP contribution in [0.4, 0.5) is 13.2 Å². The number of halogens is 5. The summed E-state index contributed by atoms with van der Waals surface area (Å²) in [6.07, 6.45) is -4.41. The van der Waals surface area contributed by atoms with Crippen LogP contribution < -0.4 is 0 Å². The first-order chi connectivity index (χ1) is 8.81. The maximum Gasteiger partial charge on any atom is 0.406 e. The molecule has 0 aromatic heterocycles. The SMILES string of the molecule is O=C(Cc1ccc(Br)cc1)N(CCBr)CC(F)(F)F. The lowest BCUT2D eigenvalue weighted by Gasteiger charge is -2.23. The maximum absolute atomic E-state index is 12.4. The van der Waals surface area contributed by atoms with Crippen LogP contribution in [0.1, 0.15) is 5.56 Å². The van der Waals surface area contributed by atoms with Gasteiger partial charge in [-0.25, -0.2) is 0 Å². The lowest BCUT2D eigenvalue weighted by Crippen LogP contribution is -2.40. The van der Waals surface area contributed by atoms with Gasteiger partial charge in [0.05, 0.1) is 6.42 Å². The van der Waals surface area contributed by atoms with Crippen LogP contribution in [0.15, 0.2) is 28.7 Å². The predicted octanol–water partition coefficient (Wildman–Crippen LogP) is 3.78. The highest BCUT2D eigenvalue weighted by molar-refractivity contribution is 9.10. The van der Waals surface area contributed by atoms with Crippen LogP contribution in [0.2, 0.25) is 0 Å². The Hall–Kier alpha value is -0.560. The van der Waals surface area contributed by atoms with Crippen molar-refractivity contribution in [3.63, 3.8) is 0 Å². The highest BCUT2D eigenvalue weighted by Crippen LogP contribution is 2.18. The van der Waals surface area contributed by atoms with E-state index in [0.717, 1.165) is 9.37 Å². The van der Waals surface area contributed by atoms with E-state index in [1.54, 1.807) is 24.3 Å². The van der Waals surface area contributed by atoms with E-state index < -0.39 is 18.6 Å². The van der Waals surface area contributed by atoms with E-state index in [1.807, 2.05) is 0 Å². The van der Waals surface area contributed by atoms with Crippen LogP contribution in [0, 0.1) is 0 Å². The second kappa shape index (κ2) is 7.28. The fourth-order valence-electron chi connectivity index (χ4n) is 1.50. The number of amides is 1. The van der Waals surface area contributed by atoms with Crippen molar-refractivity contribution >= 4 is 37.8 Å². The van der Waals surface area contributed by atoms with Gasteiger partial charge in [0.25, 0.3) is 0 Å². The molecule has 19 heavy (non-hydrogen) atoms. The molecule has 2 nitrogen and oxygen atoms in total. The summed E-state index contributed by atoms with van der Waals surface area (Å²) in [5.74, 6) is -0.529. The summed E-state index contributed by atoms with van der Waals surface area (Å²) < 4.78 is 38.0. The summed E-state index contributed by atoms with van der Waals surface area (Å²) >= 11 is 6.31. The molecule has 0 atom stereocenters. The number of hydrogen-bond donors (Lipinski definition) is 0. The zero-order chi connectivity index (χ0) is 14.5. The standard InChI is InChI=1S/C12H12Br2F3NO/c13-5-6-18(8-12(15,16)17)11(19)7-9-1-3-10(14)4-2-9/h1-4H,5-8H2. The molecule has 0 unspecified atom stereocenters. The maximum atomic E-state index is 12.4. The Bertz CT molecular complexity index is 420. The molecule has 0 radical (unpaired) electrons. The van der Waals surface area contributed by atoms with E-state index in [2.05, 4.69) is 31.9 Å². The van der Waals surface area contributed by atoms with Gasteiger partial charge in [-0.15, -0.1) is 0 Å². The molecule has 0 fully saturated rings. The topological polar surface area (TPSA) is 20.3 Å². The van der Waals surface area contributed by atoms with Gasteiger partial charge in [-0.1, -0.05) is 44.0 Å². The molecule has 0 heterocycles. The smallest absolute Gasteiger partial charge is 0.332 e. The van der Waals surface area contributed by atoms with E-state index in [0.29, 0.717) is 10.9 Å². The first-order valence-electron chi connectivity index (χ1n) is 5.47. The molecule has 0 bridgehead atoms. The van der Waals surface area contributed by atoms with Gasteiger partial charge in [-0.2, -0.15) is 13.2 Å². The van der Waals surface area contributed by atoms with Gasteiger partial charge >= 0.3 is 6.18 Å². The molecular weight excluding hydrogens is 391 g/mol. The summed E-state index contributed by atoms with van der Waals surface area (Å²) in [5, 5.41) is 0.315. The lowest BCUT2D eigenvalue weighted by molar-refractivity contribution is -0.160. The van der Waals surface area contributed by atoms with Crippen LogP contribution in [-0.2, 0) is 11.2 Å². The highest BCUT2D eigenvalue weighted by Gasteiger charge is 2.32. The number of rotatable bonds is 5. The summed E-state index contributed by atoms with van der Waals surface area (Å²) in [7, 11) is 0. The Morgan fingerprint density at radius 2 is 1.79 bits per heavy atom. The molecule has 0 saturated carbocycles.